The molecule has 5 nitrogen and oxygen atoms in total. The van der Waals surface area contributed by atoms with Crippen LogP contribution in [0, 0.1) is 11.6 Å². The Morgan fingerprint density at radius 3 is 2.44 bits per heavy atom. The molecule has 0 bridgehead atoms. The van der Waals surface area contributed by atoms with Gasteiger partial charge in [0, 0.05) is 12.1 Å². The van der Waals surface area contributed by atoms with E-state index in [1.54, 1.807) is 0 Å². The first-order valence-electron chi connectivity index (χ1n) is 4.77. The lowest BCUT2D eigenvalue weighted by Crippen LogP contribution is -2.04. The summed E-state index contributed by atoms with van der Waals surface area (Å²) in [5.74, 6) is -1.42. The molecule has 2 rings (SSSR count). The third-order valence-corrected chi connectivity index (χ3v) is 2.32. The van der Waals surface area contributed by atoms with Crippen molar-refractivity contribution in [3.63, 3.8) is 0 Å². The molecule has 0 amide bonds. The summed E-state index contributed by atoms with van der Waals surface area (Å²) in [5.41, 5.74) is 10.7. The van der Waals surface area contributed by atoms with Crippen LogP contribution in [0.15, 0.2) is 18.2 Å². The average Bonchev–Trinajstić information content (AvgIpc) is 2.22. The third kappa shape index (κ3) is 2.57. The maximum atomic E-state index is 13.5. The van der Waals surface area contributed by atoms with E-state index in [0.29, 0.717) is 6.07 Å². The van der Waals surface area contributed by atoms with Crippen LogP contribution in [0.5, 0.6) is 0 Å². The van der Waals surface area contributed by atoms with Crippen LogP contribution in [-0.4, -0.2) is 9.97 Å². The molecule has 0 spiro atoms. The average molecular weight is 272 g/mol. The summed E-state index contributed by atoms with van der Waals surface area (Å²) in [7, 11) is 0. The summed E-state index contributed by atoms with van der Waals surface area (Å²) in [6, 6.07) is 3.01. The van der Waals surface area contributed by atoms with Crippen molar-refractivity contribution in [2.24, 2.45) is 0 Å². The highest BCUT2D eigenvalue weighted by atomic mass is 35.5. The summed E-state index contributed by atoms with van der Waals surface area (Å²) in [6.45, 7) is 0. The predicted octanol–water partition coefficient (Wildman–Crippen LogP) is 2.32. The zero-order chi connectivity index (χ0) is 13.3. The van der Waals surface area contributed by atoms with Gasteiger partial charge in [-0.05, 0) is 6.07 Å². The molecule has 5 N–H and O–H groups in total. The van der Waals surface area contributed by atoms with Crippen LogP contribution in [0.25, 0.3) is 0 Å². The molecule has 1 aromatic carbocycles. The van der Waals surface area contributed by atoms with E-state index < -0.39 is 11.6 Å². The second-order valence-corrected chi connectivity index (χ2v) is 3.81. The summed E-state index contributed by atoms with van der Waals surface area (Å²) in [4.78, 5) is 7.44. The van der Waals surface area contributed by atoms with E-state index in [2.05, 4.69) is 15.3 Å². The Labute approximate surface area is 106 Å². The van der Waals surface area contributed by atoms with Gasteiger partial charge in [-0.1, -0.05) is 11.6 Å². The molecular weight excluding hydrogens is 264 g/mol. The molecule has 18 heavy (non-hydrogen) atoms. The summed E-state index contributed by atoms with van der Waals surface area (Å²) in [5, 5.41) is 2.44. The summed E-state index contributed by atoms with van der Waals surface area (Å²) < 4.78 is 26.4. The van der Waals surface area contributed by atoms with E-state index in [4.69, 9.17) is 23.1 Å². The van der Waals surface area contributed by atoms with Crippen molar-refractivity contribution >= 4 is 34.9 Å². The van der Waals surface area contributed by atoms with E-state index >= 15 is 0 Å². The molecule has 0 radical (unpaired) electrons. The Morgan fingerprint density at radius 1 is 1.11 bits per heavy atom. The van der Waals surface area contributed by atoms with E-state index in [1.807, 2.05) is 0 Å². The molecule has 1 heterocycles. The maximum absolute atomic E-state index is 13.5. The van der Waals surface area contributed by atoms with Gasteiger partial charge in [-0.25, -0.2) is 8.78 Å². The van der Waals surface area contributed by atoms with Crippen LogP contribution < -0.4 is 16.8 Å². The lowest BCUT2D eigenvalue weighted by molar-refractivity contribution is 0.586. The number of nitrogens with zero attached hydrogens (tertiary/aromatic N) is 2. The molecule has 1 aromatic heterocycles. The van der Waals surface area contributed by atoms with Gasteiger partial charge in [0.25, 0.3) is 0 Å². The number of benzene rings is 1. The van der Waals surface area contributed by atoms with Gasteiger partial charge in [0.05, 0.1) is 10.7 Å². The Kier molecular flexibility index (Phi) is 3.15. The molecular formula is C10H8ClF2N5. The van der Waals surface area contributed by atoms with E-state index in [1.165, 1.54) is 6.07 Å². The topological polar surface area (TPSA) is 89.8 Å². The molecule has 0 aliphatic heterocycles. The van der Waals surface area contributed by atoms with Gasteiger partial charge in [-0.15, -0.1) is 0 Å². The Balaban J connectivity index is 2.40. The van der Waals surface area contributed by atoms with Crippen molar-refractivity contribution < 1.29 is 8.78 Å². The van der Waals surface area contributed by atoms with Crippen molar-refractivity contribution in [3.8, 4) is 0 Å². The number of hydrogen-bond donors (Lipinski definition) is 3. The molecule has 0 aliphatic rings. The van der Waals surface area contributed by atoms with Gasteiger partial charge in [0.1, 0.15) is 17.5 Å². The Morgan fingerprint density at radius 2 is 1.83 bits per heavy atom. The van der Waals surface area contributed by atoms with Gasteiger partial charge < -0.3 is 16.8 Å². The number of nitrogens with two attached hydrogens (primary N) is 2. The highest BCUT2D eigenvalue weighted by molar-refractivity contribution is 6.33. The van der Waals surface area contributed by atoms with Crippen LogP contribution in [0.4, 0.5) is 32.1 Å². The van der Waals surface area contributed by atoms with Crippen molar-refractivity contribution in [1.29, 1.82) is 0 Å². The van der Waals surface area contributed by atoms with Gasteiger partial charge in [0.2, 0.25) is 5.95 Å². The van der Waals surface area contributed by atoms with Gasteiger partial charge in [-0.3, -0.25) is 0 Å². The molecule has 0 atom stereocenters. The largest absolute Gasteiger partial charge is 0.383 e. The van der Waals surface area contributed by atoms with E-state index in [-0.39, 0.29) is 28.3 Å². The first-order chi connectivity index (χ1) is 8.45. The zero-order valence-corrected chi connectivity index (χ0v) is 9.67. The number of nitrogen functional groups attached to an aromatic ring is 2. The smallest absolute Gasteiger partial charge is 0.223 e. The maximum Gasteiger partial charge on any atom is 0.223 e. The minimum absolute atomic E-state index is 0.0730. The lowest BCUT2D eigenvalue weighted by Gasteiger charge is -2.09. The van der Waals surface area contributed by atoms with Gasteiger partial charge in [-0.2, -0.15) is 9.97 Å². The van der Waals surface area contributed by atoms with Crippen molar-refractivity contribution in [2.75, 3.05) is 16.8 Å². The van der Waals surface area contributed by atoms with Gasteiger partial charge in [0.15, 0.2) is 5.82 Å². The number of aromatic nitrogens is 2. The number of hydrogen-bond acceptors (Lipinski definition) is 5. The van der Waals surface area contributed by atoms with E-state index in [0.717, 1.165) is 6.07 Å². The quantitative estimate of drug-likeness (QED) is 0.780. The van der Waals surface area contributed by atoms with Crippen molar-refractivity contribution in [3.05, 3.63) is 34.9 Å². The predicted molar refractivity (Wildman–Crippen MR) is 65.5 cm³/mol. The zero-order valence-electron chi connectivity index (χ0n) is 8.92. The van der Waals surface area contributed by atoms with Crippen LogP contribution in [0.1, 0.15) is 0 Å². The highest BCUT2D eigenvalue weighted by Gasteiger charge is 2.11. The molecule has 8 heteroatoms. The van der Waals surface area contributed by atoms with E-state index in [9.17, 15) is 8.78 Å². The number of anilines is 4. The molecule has 2 aromatic rings. The molecule has 0 saturated carbocycles. The summed E-state index contributed by atoms with van der Waals surface area (Å²) in [6.07, 6.45) is 0. The first-order valence-corrected chi connectivity index (χ1v) is 5.15. The fourth-order valence-electron chi connectivity index (χ4n) is 1.34. The van der Waals surface area contributed by atoms with Gasteiger partial charge >= 0.3 is 0 Å². The Hall–Kier alpha value is -2.15. The van der Waals surface area contributed by atoms with Crippen molar-refractivity contribution in [2.45, 2.75) is 0 Å². The second-order valence-electron chi connectivity index (χ2n) is 3.41. The SMILES string of the molecule is Nc1cc(Nc2c(F)cc(F)cc2Cl)nc(N)n1. The third-order valence-electron chi connectivity index (χ3n) is 2.02. The number of nitrogens with one attached hydrogen (secondary N) is 1. The molecule has 0 saturated heterocycles. The van der Waals surface area contributed by atoms with Crippen LogP contribution in [0.2, 0.25) is 5.02 Å². The monoisotopic (exact) mass is 271 g/mol. The highest BCUT2D eigenvalue weighted by Crippen LogP contribution is 2.29. The fraction of sp³-hybridized carbons (Fsp3) is 0. The molecule has 0 fully saturated rings. The normalized spacial score (nSPS) is 10.4. The fourth-order valence-corrected chi connectivity index (χ4v) is 1.58. The standard InChI is InChI=1S/C10H8ClF2N5/c11-5-1-4(12)2-6(13)9(5)17-8-3-7(14)16-10(15)18-8/h1-3H,(H5,14,15,16,17,18). The summed E-state index contributed by atoms with van der Waals surface area (Å²) >= 11 is 5.72. The van der Waals surface area contributed by atoms with Crippen LogP contribution >= 0.6 is 11.6 Å². The van der Waals surface area contributed by atoms with Crippen LogP contribution in [0.3, 0.4) is 0 Å². The minimum atomic E-state index is -0.851. The van der Waals surface area contributed by atoms with Crippen LogP contribution in [-0.2, 0) is 0 Å². The minimum Gasteiger partial charge on any atom is -0.383 e. The molecule has 0 aliphatic carbocycles. The second kappa shape index (κ2) is 4.61. The molecule has 0 unspecified atom stereocenters. The number of halogens is 3. The van der Waals surface area contributed by atoms with Crippen molar-refractivity contribution in [1.82, 2.24) is 9.97 Å². The molecule has 94 valence electrons. The Bertz CT molecular complexity index is 562. The number of rotatable bonds is 2. The lowest BCUT2D eigenvalue weighted by atomic mass is 10.3. The first kappa shape index (κ1) is 12.3.